The molecule has 0 N–H and O–H groups in total. The molecule has 4 aromatic rings. The zero-order chi connectivity index (χ0) is 26.7. The van der Waals surface area contributed by atoms with Crippen molar-refractivity contribution in [3.05, 3.63) is 99.8 Å². The maximum Gasteiger partial charge on any atom is 0.267 e. The predicted molar refractivity (Wildman–Crippen MR) is 146 cm³/mol. The number of methoxy groups -OCH3 is 1. The summed E-state index contributed by atoms with van der Waals surface area (Å²) in [6.07, 6.45) is 2.73. The summed E-state index contributed by atoms with van der Waals surface area (Å²) >= 11 is 0. The van der Waals surface area contributed by atoms with Crippen molar-refractivity contribution in [1.29, 1.82) is 5.26 Å². The number of hydrogen-bond acceptors (Lipinski definition) is 8. The van der Waals surface area contributed by atoms with E-state index in [4.69, 9.17) is 9.72 Å². The van der Waals surface area contributed by atoms with Gasteiger partial charge in [-0.1, -0.05) is 24.3 Å². The molecular weight excluding hydrogens is 502 g/mol. The molecule has 0 amide bonds. The van der Waals surface area contributed by atoms with Gasteiger partial charge in [0.1, 0.15) is 28.2 Å². The first-order valence-corrected chi connectivity index (χ1v) is 13.5. The van der Waals surface area contributed by atoms with Crippen LogP contribution in [0, 0.1) is 11.3 Å². The number of allylic oxidation sites excluding steroid dienone is 1. The van der Waals surface area contributed by atoms with Crippen LogP contribution in [0.1, 0.15) is 5.56 Å². The average Bonchev–Trinajstić information content (AvgIpc) is 2.97. The SMILES string of the molecule is COc1ccc(N2CCN(c3nc4ccccn4c(=O)c3/C=C(\C#N)S(=O)(=O)c3ccccc3)CC2)cc1. The van der Waals surface area contributed by atoms with Crippen LogP contribution in [0.25, 0.3) is 11.7 Å². The molecule has 3 heterocycles. The van der Waals surface area contributed by atoms with E-state index < -0.39 is 20.3 Å². The Morgan fingerprint density at radius 3 is 2.26 bits per heavy atom. The van der Waals surface area contributed by atoms with E-state index in [9.17, 15) is 18.5 Å². The standard InChI is InChI=1S/C28H25N5O4S/c1-37-22-12-10-21(11-13-22)31-15-17-32(18-16-31)27-25(28(34)33-14-6-5-9-26(33)30-27)19-24(20-29)38(35,36)23-7-3-2-4-8-23/h2-14,19H,15-18H2,1H3/b24-19+. The van der Waals surface area contributed by atoms with Gasteiger partial charge in [-0.05, 0) is 54.6 Å². The minimum atomic E-state index is -4.13. The van der Waals surface area contributed by atoms with E-state index in [1.54, 1.807) is 55.8 Å². The second kappa shape index (κ2) is 10.4. The van der Waals surface area contributed by atoms with E-state index in [-0.39, 0.29) is 10.5 Å². The molecule has 0 radical (unpaired) electrons. The lowest BCUT2D eigenvalue weighted by atomic mass is 10.2. The Morgan fingerprint density at radius 1 is 0.947 bits per heavy atom. The summed E-state index contributed by atoms with van der Waals surface area (Å²) in [7, 11) is -2.50. The lowest BCUT2D eigenvalue weighted by Gasteiger charge is -2.37. The third-order valence-electron chi connectivity index (χ3n) is 6.49. The molecule has 0 spiro atoms. The quantitative estimate of drug-likeness (QED) is 0.351. The van der Waals surface area contributed by atoms with Gasteiger partial charge in [0.2, 0.25) is 9.84 Å². The average molecular weight is 528 g/mol. The second-order valence-electron chi connectivity index (χ2n) is 8.69. The number of pyridine rings is 1. The lowest BCUT2D eigenvalue weighted by molar-refractivity contribution is 0.415. The highest BCUT2D eigenvalue weighted by Gasteiger charge is 2.26. The van der Waals surface area contributed by atoms with Gasteiger partial charge < -0.3 is 14.5 Å². The Morgan fingerprint density at radius 2 is 1.61 bits per heavy atom. The highest BCUT2D eigenvalue weighted by atomic mass is 32.2. The molecule has 1 saturated heterocycles. The molecule has 1 aliphatic rings. The first-order valence-electron chi connectivity index (χ1n) is 12.0. The van der Waals surface area contributed by atoms with E-state index >= 15 is 0 Å². The Labute approximate surface area is 220 Å². The van der Waals surface area contributed by atoms with Crippen LogP contribution in [-0.2, 0) is 9.84 Å². The number of piperazine rings is 1. The fourth-order valence-corrected chi connectivity index (χ4v) is 5.62. The van der Waals surface area contributed by atoms with Gasteiger partial charge in [0.05, 0.1) is 17.6 Å². The van der Waals surface area contributed by atoms with Crippen LogP contribution in [0.2, 0.25) is 0 Å². The molecule has 192 valence electrons. The summed E-state index contributed by atoms with van der Waals surface area (Å²) in [5.41, 5.74) is 1.10. The largest absolute Gasteiger partial charge is 0.497 e. The minimum Gasteiger partial charge on any atom is -0.497 e. The number of ether oxygens (including phenoxy) is 1. The fourth-order valence-electron chi connectivity index (χ4n) is 4.46. The van der Waals surface area contributed by atoms with Gasteiger partial charge >= 0.3 is 0 Å². The Bertz CT molecular complexity index is 1700. The van der Waals surface area contributed by atoms with E-state index in [0.717, 1.165) is 17.5 Å². The summed E-state index contributed by atoms with van der Waals surface area (Å²) in [6.45, 7) is 2.43. The van der Waals surface area contributed by atoms with E-state index in [2.05, 4.69) is 4.90 Å². The molecule has 2 aromatic heterocycles. The van der Waals surface area contributed by atoms with Crippen LogP contribution < -0.4 is 20.1 Å². The number of nitriles is 1. The van der Waals surface area contributed by atoms with E-state index in [1.807, 2.05) is 29.2 Å². The van der Waals surface area contributed by atoms with Crippen molar-refractivity contribution >= 4 is 33.1 Å². The molecule has 0 unspecified atom stereocenters. The third kappa shape index (κ3) is 4.71. The zero-order valence-corrected chi connectivity index (χ0v) is 21.5. The van der Waals surface area contributed by atoms with Gasteiger partial charge in [0.15, 0.2) is 0 Å². The summed E-state index contributed by atoms with van der Waals surface area (Å²) in [4.78, 5) is 22.0. The Kier molecular flexibility index (Phi) is 6.85. The number of aromatic nitrogens is 2. The molecule has 1 fully saturated rings. The molecule has 38 heavy (non-hydrogen) atoms. The van der Waals surface area contributed by atoms with Crippen LogP contribution in [0.15, 0.2) is 93.6 Å². The summed E-state index contributed by atoms with van der Waals surface area (Å²) in [5.74, 6) is 1.13. The number of fused-ring (bicyclic) bond motifs is 1. The van der Waals surface area contributed by atoms with Crippen molar-refractivity contribution in [3.8, 4) is 11.8 Å². The highest BCUT2D eigenvalue weighted by molar-refractivity contribution is 7.95. The third-order valence-corrected chi connectivity index (χ3v) is 8.18. The number of hydrogen-bond donors (Lipinski definition) is 0. The van der Waals surface area contributed by atoms with E-state index in [1.165, 1.54) is 16.5 Å². The first-order chi connectivity index (χ1) is 18.4. The molecule has 5 rings (SSSR count). The topological polar surface area (TPSA) is 108 Å². The fraction of sp³-hybridized carbons (Fsp3) is 0.179. The van der Waals surface area contributed by atoms with Crippen molar-refractivity contribution in [1.82, 2.24) is 9.38 Å². The van der Waals surface area contributed by atoms with Gasteiger partial charge in [-0.15, -0.1) is 0 Å². The highest BCUT2D eigenvalue weighted by Crippen LogP contribution is 2.26. The number of anilines is 2. The van der Waals surface area contributed by atoms with Crippen molar-refractivity contribution in [2.24, 2.45) is 0 Å². The Balaban J connectivity index is 1.55. The monoisotopic (exact) mass is 527 g/mol. The maximum atomic E-state index is 13.6. The van der Waals surface area contributed by atoms with Gasteiger partial charge in [0.25, 0.3) is 5.56 Å². The van der Waals surface area contributed by atoms with E-state index in [0.29, 0.717) is 37.6 Å². The number of sulfone groups is 1. The zero-order valence-electron chi connectivity index (χ0n) is 20.7. The molecular formula is C28H25N5O4S. The minimum absolute atomic E-state index is 0.0173. The van der Waals surface area contributed by atoms with Gasteiger partial charge in [-0.25, -0.2) is 13.4 Å². The van der Waals surface area contributed by atoms with Crippen molar-refractivity contribution < 1.29 is 13.2 Å². The number of rotatable bonds is 6. The molecule has 0 saturated carbocycles. The molecule has 2 aromatic carbocycles. The predicted octanol–water partition coefficient (Wildman–Crippen LogP) is 3.37. The molecule has 0 atom stereocenters. The number of benzene rings is 2. The van der Waals surface area contributed by atoms with Gasteiger partial charge in [-0.2, -0.15) is 5.26 Å². The second-order valence-corrected chi connectivity index (χ2v) is 10.6. The van der Waals surface area contributed by atoms with Gasteiger partial charge in [-0.3, -0.25) is 9.20 Å². The first kappa shape index (κ1) is 25.0. The molecule has 1 aliphatic heterocycles. The number of nitrogens with zero attached hydrogens (tertiary/aromatic N) is 5. The maximum absolute atomic E-state index is 13.6. The Hall–Kier alpha value is -4.62. The normalized spacial score (nSPS) is 14.4. The molecule has 9 nitrogen and oxygen atoms in total. The molecule has 0 bridgehead atoms. The van der Waals surface area contributed by atoms with Crippen molar-refractivity contribution in [2.75, 3.05) is 43.1 Å². The summed E-state index contributed by atoms with van der Waals surface area (Å²) in [6, 6.07) is 22.5. The smallest absolute Gasteiger partial charge is 0.267 e. The van der Waals surface area contributed by atoms with Crippen molar-refractivity contribution in [2.45, 2.75) is 4.90 Å². The summed E-state index contributed by atoms with van der Waals surface area (Å²) in [5, 5.41) is 9.83. The summed E-state index contributed by atoms with van der Waals surface area (Å²) < 4.78 is 33.1. The van der Waals surface area contributed by atoms with Crippen LogP contribution in [0.3, 0.4) is 0 Å². The molecule has 10 heteroatoms. The van der Waals surface area contributed by atoms with Crippen molar-refractivity contribution in [3.63, 3.8) is 0 Å². The van der Waals surface area contributed by atoms with Crippen LogP contribution in [0.5, 0.6) is 5.75 Å². The van der Waals surface area contributed by atoms with Crippen LogP contribution in [-0.4, -0.2) is 51.1 Å². The van der Waals surface area contributed by atoms with Crippen LogP contribution >= 0.6 is 0 Å². The van der Waals surface area contributed by atoms with Crippen LogP contribution in [0.4, 0.5) is 11.5 Å². The molecule has 0 aliphatic carbocycles. The van der Waals surface area contributed by atoms with Gasteiger partial charge in [0, 0.05) is 38.1 Å². The lowest BCUT2D eigenvalue weighted by Crippen LogP contribution is -2.47.